The molecule has 1 unspecified atom stereocenters. The van der Waals surface area contributed by atoms with Gasteiger partial charge in [-0.25, -0.2) is 0 Å². The van der Waals surface area contributed by atoms with Gasteiger partial charge in [-0.15, -0.1) is 0 Å². The molecular weight excluding hydrogens is 250 g/mol. The van der Waals surface area contributed by atoms with Crippen LogP contribution in [0, 0.1) is 12.3 Å². The highest BCUT2D eigenvalue weighted by Crippen LogP contribution is 2.37. The summed E-state index contributed by atoms with van der Waals surface area (Å²) in [4.78, 5) is 0. The maximum absolute atomic E-state index is 3.67. The molecule has 0 fully saturated rings. The number of hydrogen-bond donors (Lipinski definition) is 1. The first kappa shape index (κ1) is 12.7. The quantitative estimate of drug-likeness (QED) is 0.854. The van der Waals surface area contributed by atoms with Crippen molar-refractivity contribution >= 4 is 15.9 Å². The molecule has 0 heterocycles. The van der Waals surface area contributed by atoms with Gasteiger partial charge in [-0.05, 0) is 30.5 Å². The van der Waals surface area contributed by atoms with E-state index in [0.29, 0.717) is 6.04 Å². The van der Waals surface area contributed by atoms with Crippen LogP contribution in [0.25, 0.3) is 0 Å². The van der Waals surface area contributed by atoms with Crippen molar-refractivity contribution in [2.24, 2.45) is 5.41 Å². The van der Waals surface area contributed by atoms with E-state index >= 15 is 0 Å². The van der Waals surface area contributed by atoms with Gasteiger partial charge in [0, 0.05) is 10.5 Å². The van der Waals surface area contributed by atoms with Crippen molar-refractivity contribution in [2.45, 2.75) is 33.7 Å². The molecule has 0 spiro atoms. The molecule has 0 saturated carbocycles. The largest absolute Gasteiger partial charge is 0.313 e. The van der Waals surface area contributed by atoms with Crippen molar-refractivity contribution in [3.8, 4) is 0 Å². The van der Waals surface area contributed by atoms with E-state index in [1.165, 1.54) is 15.6 Å². The van der Waals surface area contributed by atoms with Crippen LogP contribution in [0.3, 0.4) is 0 Å². The summed E-state index contributed by atoms with van der Waals surface area (Å²) in [7, 11) is 2.02. The van der Waals surface area contributed by atoms with Crippen molar-refractivity contribution < 1.29 is 0 Å². The third-order valence-corrected chi connectivity index (χ3v) is 3.77. The molecule has 0 bridgehead atoms. The van der Waals surface area contributed by atoms with Gasteiger partial charge < -0.3 is 5.32 Å². The highest BCUT2D eigenvalue weighted by Gasteiger charge is 2.26. The number of hydrogen-bond acceptors (Lipinski definition) is 1. The molecule has 0 radical (unpaired) electrons. The standard InChI is InChI=1S/C13H20BrN/c1-9-7-6-8-10(11(9)14)12(15-5)13(2,3)4/h6-8,12,15H,1-5H3. The zero-order chi connectivity index (χ0) is 11.6. The van der Waals surface area contributed by atoms with Gasteiger partial charge in [-0.1, -0.05) is 54.9 Å². The van der Waals surface area contributed by atoms with E-state index < -0.39 is 0 Å². The van der Waals surface area contributed by atoms with Gasteiger partial charge in [0.05, 0.1) is 0 Å². The Hall–Kier alpha value is -0.340. The number of rotatable bonds is 2. The van der Waals surface area contributed by atoms with Crippen LogP contribution >= 0.6 is 15.9 Å². The molecule has 0 aliphatic heterocycles. The molecule has 2 heteroatoms. The van der Waals surface area contributed by atoms with E-state index in [-0.39, 0.29) is 5.41 Å². The number of aryl methyl sites for hydroxylation is 1. The molecule has 15 heavy (non-hydrogen) atoms. The Morgan fingerprint density at radius 2 is 1.87 bits per heavy atom. The highest BCUT2D eigenvalue weighted by atomic mass is 79.9. The summed E-state index contributed by atoms with van der Waals surface area (Å²) in [6, 6.07) is 6.80. The summed E-state index contributed by atoms with van der Waals surface area (Å²) < 4.78 is 1.22. The summed E-state index contributed by atoms with van der Waals surface area (Å²) in [5.74, 6) is 0. The van der Waals surface area contributed by atoms with Gasteiger partial charge in [-0.2, -0.15) is 0 Å². The number of halogens is 1. The topological polar surface area (TPSA) is 12.0 Å². The van der Waals surface area contributed by atoms with Crippen molar-refractivity contribution in [1.29, 1.82) is 0 Å². The Labute approximate surface area is 101 Å². The van der Waals surface area contributed by atoms with E-state index in [0.717, 1.165) is 0 Å². The fourth-order valence-electron chi connectivity index (χ4n) is 1.95. The molecule has 0 saturated heterocycles. The molecule has 1 aromatic carbocycles. The average molecular weight is 270 g/mol. The Bertz CT molecular complexity index is 339. The van der Waals surface area contributed by atoms with Crippen LogP contribution in [-0.4, -0.2) is 7.05 Å². The van der Waals surface area contributed by atoms with Gasteiger partial charge in [-0.3, -0.25) is 0 Å². The molecule has 0 aromatic heterocycles. The van der Waals surface area contributed by atoms with Crippen molar-refractivity contribution in [3.05, 3.63) is 33.8 Å². The second-order valence-corrected chi connectivity index (χ2v) is 5.86. The Kier molecular flexibility index (Phi) is 3.96. The summed E-state index contributed by atoms with van der Waals surface area (Å²) in [6.45, 7) is 8.89. The van der Waals surface area contributed by atoms with E-state index in [9.17, 15) is 0 Å². The van der Waals surface area contributed by atoms with Crippen molar-refractivity contribution in [2.75, 3.05) is 7.05 Å². The molecule has 0 amide bonds. The van der Waals surface area contributed by atoms with Gasteiger partial charge in [0.15, 0.2) is 0 Å². The predicted molar refractivity (Wildman–Crippen MR) is 70.1 cm³/mol. The van der Waals surface area contributed by atoms with Gasteiger partial charge in [0.2, 0.25) is 0 Å². The van der Waals surface area contributed by atoms with Crippen LogP contribution in [-0.2, 0) is 0 Å². The lowest BCUT2D eigenvalue weighted by molar-refractivity contribution is 0.286. The summed E-state index contributed by atoms with van der Waals surface area (Å²) in [6.07, 6.45) is 0. The van der Waals surface area contributed by atoms with Crippen molar-refractivity contribution in [1.82, 2.24) is 5.32 Å². The monoisotopic (exact) mass is 269 g/mol. The highest BCUT2D eigenvalue weighted by molar-refractivity contribution is 9.10. The molecule has 0 aliphatic carbocycles. The van der Waals surface area contributed by atoms with Crippen LogP contribution in [0.4, 0.5) is 0 Å². The van der Waals surface area contributed by atoms with Crippen LogP contribution in [0.2, 0.25) is 0 Å². The molecule has 1 aromatic rings. The third kappa shape index (κ3) is 2.82. The van der Waals surface area contributed by atoms with Crippen molar-refractivity contribution in [3.63, 3.8) is 0 Å². The Morgan fingerprint density at radius 1 is 1.27 bits per heavy atom. The summed E-state index contributed by atoms with van der Waals surface area (Å²) in [5, 5.41) is 3.40. The Balaban J connectivity index is 3.19. The van der Waals surface area contributed by atoms with Crippen LogP contribution in [0.15, 0.2) is 22.7 Å². The second kappa shape index (κ2) is 4.67. The minimum Gasteiger partial charge on any atom is -0.313 e. The van der Waals surface area contributed by atoms with Crippen LogP contribution in [0.5, 0.6) is 0 Å². The maximum atomic E-state index is 3.67. The van der Waals surface area contributed by atoms with Gasteiger partial charge >= 0.3 is 0 Å². The molecule has 1 rings (SSSR count). The normalized spacial score (nSPS) is 14.0. The lowest BCUT2D eigenvalue weighted by atomic mass is 9.82. The van der Waals surface area contributed by atoms with Crippen LogP contribution < -0.4 is 5.32 Å². The lowest BCUT2D eigenvalue weighted by Crippen LogP contribution is -2.30. The fraction of sp³-hybridized carbons (Fsp3) is 0.538. The SMILES string of the molecule is CNC(c1cccc(C)c1Br)C(C)(C)C. The average Bonchev–Trinajstić information content (AvgIpc) is 2.11. The zero-order valence-electron chi connectivity index (χ0n) is 10.2. The third-order valence-electron chi connectivity index (χ3n) is 2.69. The number of benzene rings is 1. The van der Waals surface area contributed by atoms with E-state index in [1.54, 1.807) is 0 Å². The first-order valence-corrected chi connectivity index (χ1v) is 6.09. The molecule has 1 N–H and O–H groups in total. The molecule has 0 aliphatic rings. The van der Waals surface area contributed by atoms with E-state index in [4.69, 9.17) is 0 Å². The van der Waals surface area contributed by atoms with E-state index in [2.05, 4.69) is 67.1 Å². The minimum atomic E-state index is 0.213. The second-order valence-electron chi connectivity index (χ2n) is 5.07. The molecular formula is C13H20BrN. The number of nitrogens with one attached hydrogen (secondary N) is 1. The Morgan fingerprint density at radius 3 is 2.33 bits per heavy atom. The lowest BCUT2D eigenvalue weighted by Gasteiger charge is -2.31. The maximum Gasteiger partial charge on any atom is 0.0378 e. The summed E-state index contributed by atoms with van der Waals surface area (Å²) >= 11 is 3.67. The fourth-order valence-corrected chi connectivity index (χ4v) is 2.44. The molecule has 1 atom stereocenters. The zero-order valence-corrected chi connectivity index (χ0v) is 11.8. The molecule has 84 valence electrons. The predicted octanol–water partition coefficient (Wildman–Crippen LogP) is 4.06. The smallest absolute Gasteiger partial charge is 0.0378 e. The first-order chi connectivity index (χ1) is 6.88. The summed E-state index contributed by atoms with van der Waals surface area (Å²) in [5.41, 5.74) is 2.84. The van der Waals surface area contributed by atoms with Gasteiger partial charge in [0.1, 0.15) is 0 Å². The molecule has 1 nitrogen and oxygen atoms in total. The first-order valence-electron chi connectivity index (χ1n) is 5.30. The van der Waals surface area contributed by atoms with Gasteiger partial charge in [0.25, 0.3) is 0 Å². The van der Waals surface area contributed by atoms with Crippen LogP contribution in [0.1, 0.15) is 37.9 Å². The van der Waals surface area contributed by atoms with E-state index in [1.807, 2.05) is 7.05 Å². The minimum absolute atomic E-state index is 0.213.